The fourth-order valence-electron chi connectivity index (χ4n) is 4.25. The minimum absolute atomic E-state index is 0.0450. The highest BCUT2D eigenvalue weighted by molar-refractivity contribution is 5.78. The van der Waals surface area contributed by atoms with Gasteiger partial charge in [-0.2, -0.15) is 0 Å². The molecule has 1 amide bonds. The lowest BCUT2D eigenvalue weighted by molar-refractivity contribution is -0.133. The number of carbonyl (C=O) groups is 1. The lowest BCUT2D eigenvalue weighted by Crippen LogP contribution is -2.43. The van der Waals surface area contributed by atoms with E-state index in [4.69, 9.17) is 9.15 Å². The van der Waals surface area contributed by atoms with Crippen molar-refractivity contribution in [2.45, 2.75) is 31.7 Å². The smallest absolute Gasteiger partial charge is 0.236 e. The summed E-state index contributed by atoms with van der Waals surface area (Å²) in [5.41, 5.74) is 1.71. The SMILES string of the molecule is COc1ccc(Cc2cnc(C3CCCN(C(=O)CN(C)Cc4ccccc4F)C3)o2)cc1. The maximum Gasteiger partial charge on any atom is 0.236 e. The van der Waals surface area contributed by atoms with E-state index in [2.05, 4.69) is 4.98 Å². The zero-order valence-corrected chi connectivity index (χ0v) is 19.2. The summed E-state index contributed by atoms with van der Waals surface area (Å²) < 4.78 is 25.2. The third-order valence-electron chi connectivity index (χ3n) is 6.04. The fraction of sp³-hybridized carbons (Fsp3) is 0.385. The summed E-state index contributed by atoms with van der Waals surface area (Å²) in [7, 11) is 3.49. The molecule has 3 aromatic rings. The predicted octanol–water partition coefficient (Wildman–Crippen LogP) is 4.25. The molecule has 174 valence electrons. The molecule has 1 unspecified atom stereocenters. The molecule has 0 saturated carbocycles. The molecular weight excluding hydrogens is 421 g/mol. The van der Waals surface area contributed by atoms with E-state index in [0.717, 1.165) is 36.5 Å². The first kappa shape index (κ1) is 23.0. The van der Waals surface area contributed by atoms with Crippen LogP contribution in [0.4, 0.5) is 4.39 Å². The number of hydrogen-bond acceptors (Lipinski definition) is 5. The third-order valence-corrected chi connectivity index (χ3v) is 6.04. The van der Waals surface area contributed by atoms with E-state index >= 15 is 0 Å². The van der Waals surface area contributed by atoms with Crippen molar-refractivity contribution in [1.82, 2.24) is 14.8 Å². The van der Waals surface area contributed by atoms with Gasteiger partial charge in [0.05, 0.1) is 25.8 Å². The summed E-state index contributed by atoms with van der Waals surface area (Å²) in [6.45, 7) is 1.96. The Kier molecular flexibility index (Phi) is 7.40. The number of likely N-dealkylation sites (N-methyl/N-ethyl adjacent to an activating group) is 1. The van der Waals surface area contributed by atoms with Crippen LogP contribution in [-0.4, -0.2) is 54.5 Å². The Labute approximate surface area is 194 Å². The van der Waals surface area contributed by atoms with Crippen LogP contribution in [0.15, 0.2) is 59.1 Å². The van der Waals surface area contributed by atoms with E-state index in [9.17, 15) is 9.18 Å². The van der Waals surface area contributed by atoms with E-state index in [1.807, 2.05) is 47.2 Å². The first-order valence-electron chi connectivity index (χ1n) is 11.3. The number of oxazole rings is 1. The monoisotopic (exact) mass is 451 g/mol. The minimum Gasteiger partial charge on any atom is -0.497 e. The largest absolute Gasteiger partial charge is 0.497 e. The van der Waals surface area contributed by atoms with Gasteiger partial charge >= 0.3 is 0 Å². The van der Waals surface area contributed by atoms with Gasteiger partial charge in [0.1, 0.15) is 17.3 Å². The van der Waals surface area contributed by atoms with Gasteiger partial charge in [-0.1, -0.05) is 30.3 Å². The van der Waals surface area contributed by atoms with Gasteiger partial charge < -0.3 is 14.1 Å². The minimum atomic E-state index is -0.246. The summed E-state index contributed by atoms with van der Waals surface area (Å²) >= 11 is 0. The van der Waals surface area contributed by atoms with Crippen molar-refractivity contribution >= 4 is 5.91 Å². The van der Waals surface area contributed by atoms with E-state index < -0.39 is 0 Å². The van der Waals surface area contributed by atoms with Gasteiger partial charge in [-0.05, 0) is 43.7 Å². The molecule has 1 fully saturated rings. The number of amides is 1. The van der Waals surface area contributed by atoms with E-state index in [0.29, 0.717) is 31.0 Å². The van der Waals surface area contributed by atoms with Crippen molar-refractivity contribution in [3.05, 3.63) is 83.3 Å². The summed E-state index contributed by atoms with van der Waals surface area (Å²) in [5, 5.41) is 0. The summed E-state index contributed by atoms with van der Waals surface area (Å²) in [5.74, 6) is 2.21. The average Bonchev–Trinajstić information content (AvgIpc) is 3.29. The van der Waals surface area contributed by atoms with Gasteiger partial charge in [0.15, 0.2) is 5.89 Å². The van der Waals surface area contributed by atoms with Gasteiger partial charge in [-0.15, -0.1) is 0 Å². The van der Waals surface area contributed by atoms with E-state index in [1.165, 1.54) is 6.07 Å². The number of methoxy groups -OCH3 is 1. The number of halogens is 1. The maximum absolute atomic E-state index is 13.9. The Morgan fingerprint density at radius 2 is 2.03 bits per heavy atom. The number of aromatic nitrogens is 1. The highest BCUT2D eigenvalue weighted by atomic mass is 19.1. The molecule has 0 N–H and O–H groups in total. The van der Waals surface area contributed by atoms with Crippen molar-refractivity contribution < 1.29 is 18.3 Å². The number of benzene rings is 2. The Balaban J connectivity index is 1.32. The first-order chi connectivity index (χ1) is 16.0. The quantitative estimate of drug-likeness (QED) is 0.513. The van der Waals surface area contributed by atoms with E-state index in [1.54, 1.807) is 25.4 Å². The molecule has 0 spiro atoms. The number of carbonyl (C=O) groups excluding carboxylic acids is 1. The Bertz CT molecular complexity index is 1070. The maximum atomic E-state index is 13.9. The van der Waals surface area contributed by atoms with Crippen LogP contribution in [0.2, 0.25) is 0 Å². The fourth-order valence-corrected chi connectivity index (χ4v) is 4.25. The van der Waals surface area contributed by atoms with Gasteiger partial charge in [0, 0.05) is 31.6 Å². The van der Waals surface area contributed by atoms with Crippen molar-refractivity contribution in [2.24, 2.45) is 0 Å². The summed E-state index contributed by atoms with van der Waals surface area (Å²) in [4.78, 5) is 21.1. The predicted molar refractivity (Wildman–Crippen MR) is 124 cm³/mol. The van der Waals surface area contributed by atoms with E-state index in [-0.39, 0.29) is 24.2 Å². The van der Waals surface area contributed by atoms with Gasteiger partial charge in [0.2, 0.25) is 5.91 Å². The highest BCUT2D eigenvalue weighted by Crippen LogP contribution is 2.27. The molecule has 0 bridgehead atoms. The van der Waals surface area contributed by atoms with Crippen LogP contribution in [0.5, 0.6) is 5.75 Å². The van der Waals surface area contributed by atoms with Crippen LogP contribution in [0, 0.1) is 5.82 Å². The lowest BCUT2D eigenvalue weighted by atomic mass is 9.98. The summed E-state index contributed by atoms with van der Waals surface area (Å²) in [6, 6.07) is 14.6. The summed E-state index contributed by atoms with van der Waals surface area (Å²) in [6.07, 6.45) is 4.29. The molecule has 1 aliphatic heterocycles. The van der Waals surface area contributed by atoms with Crippen LogP contribution in [-0.2, 0) is 17.8 Å². The topological polar surface area (TPSA) is 58.8 Å². The number of piperidine rings is 1. The molecule has 33 heavy (non-hydrogen) atoms. The van der Waals surface area contributed by atoms with Crippen molar-refractivity contribution in [3.63, 3.8) is 0 Å². The van der Waals surface area contributed by atoms with Crippen LogP contribution >= 0.6 is 0 Å². The standard InChI is InChI=1S/C26H30FN3O3/c1-29(16-20-6-3-4-8-24(20)27)18-25(31)30-13-5-7-21(17-30)26-28-15-23(33-26)14-19-9-11-22(32-2)12-10-19/h3-4,6,8-12,15,21H,5,7,13-14,16-18H2,1-2H3. The third kappa shape index (κ3) is 5.99. The molecular formula is C26H30FN3O3. The Hall–Kier alpha value is -3.19. The molecule has 2 heterocycles. The molecule has 1 atom stereocenters. The second-order valence-corrected chi connectivity index (χ2v) is 8.63. The molecule has 6 nitrogen and oxygen atoms in total. The number of nitrogens with zero attached hydrogens (tertiary/aromatic N) is 3. The highest BCUT2D eigenvalue weighted by Gasteiger charge is 2.28. The molecule has 4 rings (SSSR count). The number of ether oxygens (including phenoxy) is 1. The molecule has 0 aliphatic carbocycles. The molecule has 2 aromatic carbocycles. The second-order valence-electron chi connectivity index (χ2n) is 8.63. The van der Waals surface area contributed by atoms with Gasteiger partial charge in [-0.25, -0.2) is 9.37 Å². The van der Waals surface area contributed by atoms with Crippen LogP contribution in [0.3, 0.4) is 0 Å². The van der Waals surface area contributed by atoms with Crippen LogP contribution < -0.4 is 4.74 Å². The molecule has 1 saturated heterocycles. The number of hydrogen-bond donors (Lipinski definition) is 0. The van der Waals surface area contributed by atoms with Gasteiger partial charge in [0.25, 0.3) is 0 Å². The molecule has 1 aliphatic rings. The normalized spacial score (nSPS) is 16.2. The number of rotatable bonds is 8. The lowest BCUT2D eigenvalue weighted by Gasteiger charge is -2.32. The van der Waals surface area contributed by atoms with Gasteiger partial charge in [-0.3, -0.25) is 9.69 Å². The van der Waals surface area contributed by atoms with Crippen molar-refractivity contribution in [3.8, 4) is 5.75 Å². The van der Waals surface area contributed by atoms with Crippen LogP contribution in [0.25, 0.3) is 0 Å². The average molecular weight is 452 g/mol. The van der Waals surface area contributed by atoms with Crippen molar-refractivity contribution in [1.29, 1.82) is 0 Å². The second kappa shape index (κ2) is 10.6. The zero-order chi connectivity index (χ0) is 23.2. The Morgan fingerprint density at radius 3 is 2.79 bits per heavy atom. The molecule has 0 radical (unpaired) electrons. The first-order valence-corrected chi connectivity index (χ1v) is 11.3. The van der Waals surface area contributed by atoms with Crippen LogP contribution in [0.1, 0.15) is 41.5 Å². The zero-order valence-electron chi connectivity index (χ0n) is 19.2. The van der Waals surface area contributed by atoms with Crippen molar-refractivity contribution in [2.75, 3.05) is 33.8 Å². The molecule has 7 heteroatoms. The molecule has 1 aromatic heterocycles. The Morgan fingerprint density at radius 1 is 1.24 bits per heavy atom. The number of likely N-dealkylation sites (tertiary alicyclic amines) is 1.